The monoisotopic (exact) mass is 760 g/mol. The van der Waals surface area contributed by atoms with Crippen molar-refractivity contribution in [1.82, 2.24) is 15.6 Å². The van der Waals surface area contributed by atoms with E-state index in [-0.39, 0.29) is 43.8 Å². The number of aliphatic hydroxyl groups excluding tert-OH is 1. The zero-order chi connectivity index (χ0) is 38.8. The maximum atomic E-state index is 14.0. The molecule has 14 heteroatoms. The fourth-order valence-corrected chi connectivity index (χ4v) is 6.92. The zero-order valence-electron chi connectivity index (χ0n) is 30.2. The molecule has 1 aliphatic heterocycles. The molecule has 2 atom stereocenters. The Labute approximate surface area is 313 Å². The highest BCUT2D eigenvalue weighted by molar-refractivity contribution is 7.46. The van der Waals surface area contributed by atoms with Crippen molar-refractivity contribution >= 4 is 42.9 Å². The molecule has 2 heterocycles. The Morgan fingerprint density at radius 1 is 1.00 bits per heavy atom. The molecule has 286 valence electrons. The minimum Gasteiger partial charge on any atom is -0.396 e. The van der Waals surface area contributed by atoms with Crippen LogP contribution in [0, 0.1) is 25.6 Å². The largest absolute Gasteiger partial charge is 0.469 e. The number of anilines is 1. The molecule has 0 radical (unpaired) electrons. The third kappa shape index (κ3) is 11.1. The van der Waals surface area contributed by atoms with E-state index in [2.05, 4.69) is 25.5 Å². The van der Waals surface area contributed by atoms with E-state index in [9.17, 15) is 28.4 Å². The summed E-state index contributed by atoms with van der Waals surface area (Å²) in [5, 5.41) is 18.1. The first-order valence-corrected chi connectivity index (χ1v) is 19.4. The van der Waals surface area contributed by atoms with Crippen LogP contribution in [0.15, 0.2) is 72.8 Å². The maximum Gasteiger partial charge on any atom is 0.469 e. The molecule has 7 N–H and O–H groups in total. The van der Waals surface area contributed by atoms with E-state index in [1.165, 1.54) is 18.2 Å². The SMILES string of the molecule is Cc1[nH]c(C=C2C(=O)Nc3ccc(F)cc32)c(C)c1CCC(=O)N[C@@H](Cc1ccc(-c2ccccc2)cc1)C(=O)NCCCCC(CO)COP(=O)(O)O. The van der Waals surface area contributed by atoms with Crippen LogP contribution in [0.25, 0.3) is 22.8 Å². The molecule has 12 nitrogen and oxygen atoms in total. The number of halogens is 1. The number of phosphoric ester groups is 1. The Kier molecular flexibility index (Phi) is 13.7. The zero-order valence-corrected chi connectivity index (χ0v) is 31.1. The van der Waals surface area contributed by atoms with Crippen LogP contribution in [0.5, 0.6) is 0 Å². The van der Waals surface area contributed by atoms with Gasteiger partial charge in [0.1, 0.15) is 11.9 Å². The van der Waals surface area contributed by atoms with Crippen LogP contribution in [0.2, 0.25) is 0 Å². The van der Waals surface area contributed by atoms with E-state index in [0.717, 1.165) is 33.5 Å². The molecular formula is C40H46FN4O8P. The summed E-state index contributed by atoms with van der Waals surface area (Å²) < 4.78 is 29.5. The number of aromatic amines is 1. The van der Waals surface area contributed by atoms with E-state index >= 15 is 0 Å². The van der Waals surface area contributed by atoms with Gasteiger partial charge in [-0.25, -0.2) is 8.96 Å². The predicted octanol–water partition coefficient (Wildman–Crippen LogP) is 5.59. The molecule has 0 saturated heterocycles. The van der Waals surface area contributed by atoms with Crippen molar-refractivity contribution in [3.63, 3.8) is 0 Å². The van der Waals surface area contributed by atoms with Gasteiger partial charge in [-0.05, 0) is 85.2 Å². The third-order valence-electron chi connectivity index (χ3n) is 9.51. The molecule has 0 spiro atoms. The van der Waals surface area contributed by atoms with Crippen molar-refractivity contribution < 1.29 is 42.8 Å². The predicted molar refractivity (Wildman–Crippen MR) is 204 cm³/mol. The Bertz CT molecular complexity index is 2030. The minimum atomic E-state index is -4.64. The van der Waals surface area contributed by atoms with E-state index in [4.69, 9.17) is 9.79 Å². The molecule has 1 aliphatic rings. The van der Waals surface area contributed by atoms with Crippen LogP contribution < -0.4 is 16.0 Å². The van der Waals surface area contributed by atoms with Crippen LogP contribution in [-0.2, 0) is 36.3 Å². The second-order valence-electron chi connectivity index (χ2n) is 13.5. The highest BCUT2D eigenvalue weighted by atomic mass is 31.2. The summed E-state index contributed by atoms with van der Waals surface area (Å²) >= 11 is 0. The molecule has 3 aromatic carbocycles. The number of aliphatic hydroxyl groups is 1. The molecule has 5 rings (SSSR count). The molecular weight excluding hydrogens is 714 g/mol. The van der Waals surface area contributed by atoms with Crippen LogP contribution >= 0.6 is 7.82 Å². The number of nitrogens with one attached hydrogen (secondary N) is 4. The lowest BCUT2D eigenvalue weighted by molar-refractivity contribution is -0.129. The van der Waals surface area contributed by atoms with Gasteiger partial charge in [-0.15, -0.1) is 0 Å². The molecule has 0 bridgehead atoms. The van der Waals surface area contributed by atoms with Gasteiger partial charge in [0.05, 0.1) is 12.2 Å². The van der Waals surface area contributed by atoms with E-state index in [1.807, 2.05) is 68.4 Å². The first-order chi connectivity index (χ1) is 25.8. The lowest BCUT2D eigenvalue weighted by atomic mass is 9.99. The van der Waals surface area contributed by atoms with Crippen molar-refractivity contribution in [2.75, 3.05) is 25.1 Å². The number of fused-ring (bicyclic) bond motifs is 1. The highest BCUT2D eigenvalue weighted by Crippen LogP contribution is 2.37. The Hall–Kier alpha value is -4.91. The first-order valence-electron chi connectivity index (χ1n) is 17.8. The van der Waals surface area contributed by atoms with Gasteiger partial charge in [-0.2, -0.15) is 0 Å². The summed E-state index contributed by atoms with van der Waals surface area (Å²) in [7, 11) is -4.64. The van der Waals surface area contributed by atoms with E-state index < -0.39 is 25.6 Å². The number of carbonyl (C=O) groups is 3. The van der Waals surface area contributed by atoms with Crippen LogP contribution in [-0.4, -0.2) is 63.4 Å². The fourth-order valence-electron chi connectivity index (χ4n) is 6.52. The van der Waals surface area contributed by atoms with Crippen LogP contribution in [0.1, 0.15) is 59.3 Å². The lowest BCUT2D eigenvalue weighted by Gasteiger charge is -2.19. The van der Waals surface area contributed by atoms with Gasteiger partial charge in [0.25, 0.3) is 5.91 Å². The summed E-state index contributed by atoms with van der Waals surface area (Å²) in [6.07, 6.45) is 3.96. The van der Waals surface area contributed by atoms with Crippen molar-refractivity contribution in [3.8, 4) is 11.1 Å². The average Bonchev–Trinajstić information content (AvgIpc) is 3.60. The van der Waals surface area contributed by atoms with Gasteiger partial charge in [-0.1, -0.05) is 61.0 Å². The summed E-state index contributed by atoms with van der Waals surface area (Å²) in [5.41, 5.74) is 7.57. The van der Waals surface area contributed by atoms with E-state index in [0.29, 0.717) is 54.7 Å². The summed E-state index contributed by atoms with van der Waals surface area (Å²) in [6, 6.07) is 21.0. The number of hydrogen-bond donors (Lipinski definition) is 7. The summed E-state index contributed by atoms with van der Waals surface area (Å²) in [6.45, 7) is 3.50. The van der Waals surface area contributed by atoms with Crippen molar-refractivity contribution in [2.45, 2.75) is 58.4 Å². The number of rotatable bonds is 18. The topological polar surface area (TPSA) is 190 Å². The quantitative estimate of drug-likeness (QED) is 0.0388. The number of aryl methyl sites for hydroxylation is 1. The van der Waals surface area contributed by atoms with Crippen LogP contribution in [0.3, 0.4) is 0 Å². The number of benzene rings is 3. The normalized spacial score (nSPS) is 14.4. The standard InChI is InChI=1S/C40H46FN4O8P/c1-25-32(26(2)43-36(25)22-34-33-21-31(41)15-17-35(33)45-39(34)48)16-18-38(47)44-37(20-27-11-13-30(14-12-27)29-9-4-3-5-10-29)40(49)42-19-7-6-8-28(23-46)24-53-54(50,51)52/h3-5,9-15,17,21-22,28,37,43,46H,6-8,16,18-20,23-24H2,1-2H3,(H,42,49)(H,44,47)(H,45,48)(H2,50,51,52)/t28?,37-/m0/s1. The van der Waals surface area contributed by atoms with Crippen molar-refractivity contribution in [1.29, 1.82) is 0 Å². The molecule has 3 amide bonds. The molecule has 1 unspecified atom stereocenters. The maximum absolute atomic E-state index is 14.0. The summed E-state index contributed by atoms with van der Waals surface area (Å²) in [5.74, 6) is -1.90. The van der Waals surface area contributed by atoms with Gasteiger partial charge in [0.15, 0.2) is 0 Å². The lowest BCUT2D eigenvalue weighted by Crippen LogP contribution is -2.48. The molecule has 0 aliphatic carbocycles. The van der Waals surface area contributed by atoms with Gasteiger partial charge < -0.3 is 35.8 Å². The number of carbonyl (C=O) groups excluding carboxylic acids is 3. The van der Waals surface area contributed by atoms with E-state index in [1.54, 1.807) is 6.08 Å². The van der Waals surface area contributed by atoms with Gasteiger partial charge in [0.2, 0.25) is 11.8 Å². The Morgan fingerprint density at radius 3 is 2.43 bits per heavy atom. The number of hydrogen-bond acceptors (Lipinski definition) is 6. The summed E-state index contributed by atoms with van der Waals surface area (Å²) in [4.78, 5) is 60.7. The van der Waals surface area contributed by atoms with Crippen LogP contribution in [0.4, 0.5) is 10.1 Å². The first kappa shape index (κ1) is 40.3. The second kappa shape index (κ2) is 18.4. The average molecular weight is 761 g/mol. The van der Waals surface area contributed by atoms with Gasteiger partial charge >= 0.3 is 7.82 Å². The molecule has 0 saturated carbocycles. The minimum absolute atomic E-state index is 0.0973. The Balaban J connectivity index is 1.22. The molecule has 1 aromatic heterocycles. The highest BCUT2D eigenvalue weighted by Gasteiger charge is 2.26. The smallest absolute Gasteiger partial charge is 0.396 e. The van der Waals surface area contributed by atoms with Crippen molar-refractivity contribution in [3.05, 3.63) is 112 Å². The number of H-pyrrole nitrogens is 1. The number of phosphoric acid groups is 1. The van der Waals surface area contributed by atoms with Gasteiger partial charge in [0, 0.05) is 54.5 Å². The fraction of sp³-hybridized carbons (Fsp3) is 0.325. The second-order valence-corrected chi connectivity index (χ2v) is 14.7. The Morgan fingerprint density at radius 2 is 1.72 bits per heavy atom. The molecule has 54 heavy (non-hydrogen) atoms. The van der Waals surface area contributed by atoms with Gasteiger partial charge in [-0.3, -0.25) is 18.9 Å². The molecule has 4 aromatic rings. The number of unbranched alkanes of at least 4 members (excludes halogenated alkanes) is 1. The molecule has 0 fully saturated rings. The number of aromatic nitrogens is 1. The number of amides is 3. The van der Waals surface area contributed by atoms with Crippen molar-refractivity contribution in [2.24, 2.45) is 5.92 Å². The third-order valence-corrected chi connectivity index (χ3v) is 10.00.